The van der Waals surface area contributed by atoms with Crippen LogP contribution in [0.5, 0.6) is 0 Å². The highest BCUT2D eigenvalue weighted by atomic mass is 16.6. The van der Waals surface area contributed by atoms with E-state index in [1.165, 1.54) is 17.7 Å². The number of carbonyl (C=O) groups excluding carboxylic acids is 1. The number of nitro groups is 1. The molecule has 0 amide bonds. The number of hydrogen-bond acceptors (Lipinski definition) is 4. The van der Waals surface area contributed by atoms with Crippen molar-refractivity contribution >= 4 is 23.3 Å². The van der Waals surface area contributed by atoms with Crippen LogP contribution in [0.15, 0.2) is 42.5 Å². The summed E-state index contributed by atoms with van der Waals surface area (Å²) in [6.45, 7) is 2.08. The molecule has 5 nitrogen and oxygen atoms in total. The van der Waals surface area contributed by atoms with E-state index in [0.29, 0.717) is 17.5 Å². The van der Waals surface area contributed by atoms with Crippen molar-refractivity contribution in [1.82, 2.24) is 0 Å². The van der Waals surface area contributed by atoms with Crippen LogP contribution in [0.3, 0.4) is 0 Å². The molecule has 0 aromatic heterocycles. The molecule has 0 aliphatic heterocycles. The van der Waals surface area contributed by atoms with Crippen molar-refractivity contribution in [3.05, 3.63) is 63.7 Å². The van der Waals surface area contributed by atoms with Gasteiger partial charge in [-0.05, 0) is 30.2 Å². The number of aryl methyl sites for hydroxylation is 1. The molecule has 0 N–H and O–H groups in total. The second-order valence-electron chi connectivity index (χ2n) is 4.70. The first-order chi connectivity index (χ1) is 10.1. The third-order valence-corrected chi connectivity index (χ3v) is 3.44. The maximum absolute atomic E-state index is 11.2. The number of rotatable bonds is 5. The average Bonchev–Trinajstić information content (AvgIpc) is 2.53. The second-order valence-corrected chi connectivity index (χ2v) is 4.70. The minimum atomic E-state index is -0.507. The molecule has 0 aliphatic rings. The van der Waals surface area contributed by atoms with E-state index in [1.807, 2.05) is 36.2 Å². The minimum Gasteiger partial charge on any atom is -0.344 e. The summed E-state index contributed by atoms with van der Waals surface area (Å²) in [4.78, 5) is 23.3. The maximum atomic E-state index is 11.2. The lowest BCUT2D eigenvalue weighted by Crippen LogP contribution is -2.12. The molecule has 2 rings (SSSR count). The summed E-state index contributed by atoms with van der Waals surface area (Å²) in [5, 5.41) is 10.8. The second kappa shape index (κ2) is 6.17. The number of hydrogen-bond donors (Lipinski definition) is 0. The Hall–Kier alpha value is -2.69. The molecule has 108 valence electrons. The predicted octanol–water partition coefficient (Wildman–Crippen LogP) is 3.74. The maximum Gasteiger partial charge on any atom is 0.270 e. The normalized spacial score (nSPS) is 10.2. The molecule has 0 heterocycles. The standard InChI is InChI=1S/C16H16N2O3/c1-3-12-4-6-14(7-5-12)17(2)16-9-8-15(18(20)21)10-13(16)11-19/h4-11H,3H2,1-2H3. The van der Waals surface area contributed by atoms with Crippen LogP contribution in [0.4, 0.5) is 17.1 Å². The number of benzene rings is 2. The topological polar surface area (TPSA) is 63.4 Å². The van der Waals surface area contributed by atoms with Gasteiger partial charge in [-0.3, -0.25) is 14.9 Å². The lowest BCUT2D eigenvalue weighted by Gasteiger charge is -2.21. The summed E-state index contributed by atoms with van der Waals surface area (Å²) >= 11 is 0. The van der Waals surface area contributed by atoms with Gasteiger partial charge in [0.05, 0.1) is 10.6 Å². The molecule has 0 aliphatic carbocycles. The van der Waals surface area contributed by atoms with Crippen molar-refractivity contribution in [2.45, 2.75) is 13.3 Å². The summed E-state index contributed by atoms with van der Waals surface area (Å²) in [6.07, 6.45) is 1.60. The largest absolute Gasteiger partial charge is 0.344 e. The van der Waals surface area contributed by atoms with Gasteiger partial charge >= 0.3 is 0 Å². The van der Waals surface area contributed by atoms with Gasteiger partial charge in [0.1, 0.15) is 0 Å². The molecule has 2 aromatic rings. The number of nitrogens with zero attached hydrogens (tertiary/aromatic N) is 2. The van der Waals surface area contributed by atoms with Gasteiger partial charge in [0.2, 0.25) is 0 Å². The van der Waals surface area contributed by atoms with E-state index in [4.69, 9.17) is 0 Å². The van der Waals surface area contributed by atoms with Crippen LogP contribution in [0.1, 0.15) is 22.8 Å². The zero-order chi connectivity index (χ0) is 15.4. The molecule has 0 fully saturated rings. The summed E-state index contributed by atoms with van der Waals surface area (Å²) in [6, 6.07) is 12.3. The van der Waals surface area contributed by atoms with Gasteiger partial charge < -0.3 is 4.90 Å². The van der Waals surface area contributed by atoms with Crippen LogP contribution in [-0.4, -0.2) is 18.3 Å². The average molecular weight is 284 g/mol. The third-order valence-electron chi connectivity index (χ3n) is 3.44. The van der Waals surface area contributed by atoms with Gasteiger partial charge in [0.15, 0.2) is 6.29 Å². The first-order valence-corrected chi connectivity index (χ1v) is 6.63. The van der Waals surface area contributed by atoms with Crippen molar-refractivity contribution in [3.8, 4) is 0 Å². The molecule has 0 radical (unpaired) electrons. The Labute approximate surface area is 123 Å². The van der Waals surface area contributed by atoms with Crippen LogP contribution in [-0.2, 0) is 6.42 Å². The van der Waals surface area contributed by atoms with E-state index in [0.717, 1.165) is 12.1 Å². The van der Waals surface area contributed by atoms with Crippen LogP contribution >= 0.6 is 0 Å². The number of non-ortho nitro benzene ring substituents is 1. The van der Waals surface area contributed by atoms with Crippen molar-refractivity contribution in [1.29, 1.82) is 0 Å². The highest BCUT2D eigenvalue weighted by Crippen LogP contribution is 2.29. The molecule has 21 heavy (non-hydrogen) atoms. The summed E-state index contributed by atoms with van der Waals surface area (Å²) in [5.74, 6) is 0. The highest BCUT2D eigenvalue weighted by molar-refractivity contribution is 5.87. The minimum absolute atomic E-state index is 0.0874. The van der Waals surface area contributed by atoms with Crippen LogP contribution < -0.4 is 4.90 Å². The zero-order valence-corrected chi connectivity index (χ0v) is 11.9. The summed E-state index contributed by atoms with van der Waals surface area (Å²) < 4.78 is 0. The quantitative estimate of drug-likeness (QED) is 0.476. The number of aldehydes is 1. The molecule has 2 aromatic carbocycles. The number of nitro benzene ring substituents is 1. The van der Waals surface area contributed by atoms with E-state index >= 15 is 0 Å². The van der Waals surface area contributed by atoms with Gasteiger partial charge in [0.25, 0.3) is 5.69 Å². The first kappa shape index (κ1) is 14.7. The monoisotopic (exact) mass is 284 g/mol. The van der Waals surface area contributed by atoms with E-state index < -0.39 is 4.92 Å². The SMILES string of the molecule is CCc1ccc(N(C)c2ccc([N+](=O)[O-])cc2C=O)cc1. The smallest absolute Gasteiger partial charge is 0.270 e. The first-order valence-electron chi connectivity index (χ1n) is 6.63. The molecule has 5 heteroatoms. The predicted molar refractivity (Wildman–Crippen MR) is 82.4 cm³/mol. The van der Waals surface area contributed by atoms with E-state index in [1.54, 1.807) is 6.07 Å². The van der Waals surface area contributed by atoms with E-state index in [-0.39, 0.29) is 5.69 Å². The Morgan fingerprint density at radius 1 is 1.19 bits per heavy atom. The molecule has 0 atom stereocenters. The van der Waals surface area contributed by atoms with Gasteiger partial charge in [0, 0.05) is 30.4 Å². The summed E-state index contributed by atoms with van der Waals surface area (Å²) in [5.41, 5.74) is 3.00. The highest BCUT2D eigenvalue weighted by Gasteiger charge is 2.14. The van der Waals surface area contributed by atoms with Crippen LogP contribution in [0.25, 0.3) is 0 Å². The van der Waals surface area contributed by atoms with Crippen LogP contribution in [0.2, 0.25) is 0 Å². The van der Waals surface area contributed by atoms with Gasteiger partial charge in [-0.1, -0.05) is 19.1 Å². The lowest BCUT2D eigenvalue weighted by molar-refractivity contribution is -0.384. The molecule has 0 spiro atoms. The molecular formula is C16H16N2O3. The molecular weight excluding hydrogens is 268 g/mol. The Kier molecular flexibility index (Phi) is 4.33. The lowest BCUT2D eigenvalue weighted by atomic mass is 10.1. The molecule has 0 saturated heterocycles. The zero-order valence-electron chi connectivity index (χ0n) is 11.9. The van der Waals surface area contributed by atoms with Gasteiger partial charge in [-0.2, -0.15) is 0 Å². The molecule has 0 unspecified atom stereocenters. The third kappa shape index (κ3) is 3.08. The van der Waals surface area contributed by atoms with E-state index in [9.17, 15) is 14.9 Å². The Bertz CT molecular complexity index is 666. The van der Waals surface area contributed by atoms with Crippen molar-refractivity contribution in [3.63, 3.8) is 0 Å². The Morgan fingerprint density at radius 2 is 1.86 bits per heavy atom. The fraction of sp³-hybridized carbons (Fsp3) is 0.188. The van der Waals surface area contributed by atoms with Gasteiger partial charge in [-0.15, -0.1) is 0 Å². The van der Waals surface area contributed by atoms with Crippen LogP contribution in [0, 0.1) is 10.1 Å². The van der Waals surface area contributed by atoms with Crippen molar-refractivity contribution in [2.75, 3.05) is 11.9 Å². The van der Waals surface area contributed by atoms with Crippen molar-refractivity contribution < 1.29 is 9.72 Å². The number of anilines is 2. The Morgan fingerprint density at radius 3 is 2.38 bits per heavy atom. The van der Waals surface area contributed by atoms with Gasteiger partial charge in [-0.25, -0.2) is 0 Å². The summed E-state index contributed by atoms with van der Waals surface area (Å²) in [7, 11) is 1.83. The molecule has 0 saturated carbocycles. The van der Waals surface area contributed by atoms with E-state index in [2.05, 4.69) is 6.92 Å². The van der Waals surface area contributed by atoms with Crippen molar-refractivity contribution in [2.24, 2.45) is 0 Å². The number of carbonyl (C=O) groups is 1. The fourth-order valence-electron chi connectivity index (χ4n) is 2.15. The fourth-order valence-corrected chi connectivity index (χ4v) is 2.15. The molecule has 0 bridgehead atoms. The Balaban J connectivity index is 2.39.